The van der Waals surface area contributed by atoms with Crippen LogP contribution in [0.15, 0.2) is 43.1 Å². The van der Waals surface area contributed by atoms with Crippen molar-refractivity contribution in [2.45, 2.75) is 12.5 Å². The summed E-state index contributed by atoms with van der Waals surface area (Å²) in [6, 6.07) is 10.4. The zero-order valence-corrected chi connectivity index (χ0v) is 14.9. The topological polar surface area (TPSA) is 38.0 Å². The normalized spacial score (nSPS) is 12.7. The Labute approximate surface area is 135 Å². The Hall–Kier alpha value is 0.280. The number of rotatable bonds is 4. The van der Waals surface area contributed by atoms with Gasteiger partial charge in [0.15, 0.2) is 0 Å². The minimum absolute atomic E-state index is 0.108. The van der Waals surface area contributed by atoms with Crippen LogP contribution in [0, 0.1) is 0 Å². The summed E-state index contributed by atoms with van der Waals surface area (Å²) in [6.07, 6.45) is 0.845. The molecule has 3 N–H and O–H groups in total. The van der Waals surface area contributed by atoms with Gasteiger partial charge in [-0.25, -0.2) is 0 Å². The lowest BCUT2D eigenvalue weighted by Gasteiger charge is -2.15. The van der Waals surface area contributed by atoms with Crippen molar-refractivity contribution in [1.29, 1.82) is 0 Å². The van der Waals surface area contributed by atoms with Gasteiger partial charge in [-0.05, 0) is 56.0 Å². The molecule has 0 saturated carbocycles. The van der Waals surface area contributed by atoms with E-state index in [4.69, 9.17) is 5.84 Å². The second kappa shape index (κ2) is 6.63. The summed E-state index contributed by atoms with van der Waals surface area (Å²) in [5, 5.41) is 0. The van der Waals surface area contributed by atoms with Crippen LogP contribution < -0.4 is 11.3 Å². The van der Waals surface area contributed by atoms with Crippen molar-refractivity contribution in [1.82, 2.24) is 5.43 Å². The third-order valence-electron chi connectivity index (χ3n) is 2.59. The van der Waals surface area contributed by atoms with Crippen molar-refractivity contribution < 1.29 is 0 Å². The largest absolute Gasteiger partial charge is 0.271 e. The molecule has 0 amide bonds. The number of nitrogens with one attached hydrogen (secondary N) is 1. The van der Waals surface area contributed by atoms with E-state index >= 15 is 0 Å². The highest BCUT2D eigenvalue weighted by atomic mass is 79.9. The molecule has 0 aliphatic heterocycles. The number of benzene rings is 1. The molecule has 6 heteroatoms. The van der Waals surface area contributed by atoms with Gasteiger partial charge in [0.05, 0.1) is 9.83 Å². The molecule has 1 atom stereocenters. The quantitative estimate of drug-likeness (QED) is 0.515. The van der Waals surface area contributed by atoms with Crippen LogP contribution >= 0.6 is 59.1 Å². The van der Waals surface area contributed by atoms with Crippen LogP contribution in [-0.2, 0) is 6.42 Å². The molecule has 1 aromatic heterocycles. The van der Waals surface area contributed by atoms with E-state index < -0.39 is 0 Å². The lowest BCUT2D eigenvalue weighted by atomic mass is 10.1. The van der Waals surface area contributed by atoms with Gasteiger partial charge >= 0.3 is 0 Å². The molecule has 1 aromatic carbocycles. The number of hydrogen-bond donors (Lipinski definition) is 2. The number of hydrazine groups is 1. The predicted octanol–water partition coefficient (Wildman–Crippen LogP) is 4.78. The number of halogens is 3. The first-order valence-corrected chi connectivity index (χ1v) is 8.45. The van der Waals surface area contributed by atoms with E-state index in [1.54, 1.807) is 11.3 Å². The van der Waals surface area contributed by atoms with E-state index in [0.717, 1.165) is 19.2 Å². The van der Waals surface area contributed by atoms with Crippen LogP contribution in [0.3, 0.4) is 0 Å². The molecule has 0 radical (unpaired) electrons. The maximum atomic E-state index is 5.67. The summed E-state index contributed by atoms with van der Waals surface area (Å²) in [6.45, 7) is 0. The fraction of sp³-hybridized carbons (Fsp3) is 0.167. The van der Waals surface area contributed by atoms with E-state index in [2.05, 4.69) is 65.3 Å². The van der Waals surface area contributed by atoms with Gasteiger partial charge < -0.3 is 0 Å². The Kier molecular flexibility index (Phi) is 5.41. The van der Waals surface area contributed by atoms with Crippen LogP contribution in [0.2, 0.25) is 0 Å². The summed E-state index contributed by atoms with van der Waals surface area (Å²) >= 11 is 12.3. The Bertz CT molecular complexity index is 522. The minimum Gasteiger partial charge on any atom is -0.271 e. The summed E-state index contributed by atoms with van der Waals surface area (Å²) < 4.78 is 3.26. The fourth-order valence-electron chi connectivity index (χ4n) is 1.66. The molecule has 1 unspecified atom stereocenters. The van der Waals surface area contributed by atoms with E-state index in [1.807, 2.05) is 18.2 Å². The molecule has 0 aliphatic rings. The molecule has 0 spiro atoms. The average molecular weight is 455 g/mol. The maximum absolute atomic E-state index is 5.67. The van der Waals surface area contributed by atoms with E-state index in [-0.39, 0.29) is 6.04 Å². The Morgan fingerprint density at radius 2 is 1.89 bits per heavy atom. The maximum Gasteiger partial charge on any atom is 0.0843 e. The lowest BCUT2D eigenvalue weighted by molar-refractivity contribution is 0.559. The van der Waals surface area contributed by atoms with Gasteiger partial charge in [-0.15, -0.1) is 11.3 Å². The van der Waals surface area contributed by atoms with Gasteiger partial charge in [0.25, 0.3) is 0 Å². The van der Waals surface area contributed by atoms with Crippen LogP contribution in [0.25, 0.3) is 0 Å². The fourth-order valence-corrected chi connectivity index (χ4v) is 4.26. The van der Waals surface area contributed by atoms with Crippen molar-refractivity contribution in [3.8, 4) is 0 Å². The molecule has 0 fully saturated rings. The van der Waals surface area contributed by atoms with Gasteiger partial charge in [-0.1, -0.05) is 34.1 Å². The minimum atomic E-state index is 0.108. The van der Waals surface area contributed by atoms with Gasteiger partial charge in [-0.2, -0.15) is 0 Å². The van der Waals surface area contributed by atoms with E-state index in [1.165, 1.54) is 10.4 Å². The number of thiophene rings is 1. The molecule has 2 rings (SSSR count). The molecular weight excluding hydrogens is 444 g/mol. The highest BCUT2D eigenvalue weighted by molar-refractivity contribution is 9.13. The van der Waals surface area contributed by atoms with Crippen molar-refractivity contribution in [2.24, 2.45) is 5.84 Å². The standard InChI is InChI=1S/C12H11Br3N2S/c13-8-4-2-1-3-7(8)5-10(17-16)11-6-9(14)12(15)18-11/h1-4,6,10,17H,5,16H2. The van der Waals surface area contributed by atoms with Crippen molar-refractivity contribution >= 4 is 59.1 Å². The molecule has 0 saturated heterocycles. The molecule has 18 heavy (non-hydrogen) atoms. The van der Waals surface area contributed by atoms with Crippen molar-refractivity contribution in [3.05, 3.63) is 53.5 Å². The molecule has 0 bridgehead atoms. The zero-order valence-electron chi connectivity index (χ0n) is 9.29. The van der Waals surface area contributed by atoms with Gasteiger partial charge in [0, 0.05) is 13.8 Å². The third kappa shape index (κ3) is 3.43. The smallest absolute Gasteiger partial charge is 0.0843 e. The monoisotopic (exact) mass is 452 g/mol. The summed E-state index contributed by atoms with van der Waals surface area (Å²) in [7, 11) is 0. The summed E-state index contributed by atoms with van der Waals surface area (Å²) in [5.41, 5.74) is 4.12. The number of nitrogens with two attached hydrogens (primary N) is 1. The summed E-state index contributed by atoms with van der Waals surface area (Å²) in [4.78, 5) is 1.20. The van der Waals surface area contributed by atoms with Crippen LogP contribution in [0.4, 0.5) is 0 Å². The van der Waals surface area contributed by atoms with Crippen LogP contribution in [0.5, 0.6) is 0 Å². The first-order valence-electron chi connectivity index (χ1n) is 5.26. The first kappa shape index (κ1) is 14.7. The van der Waals surface area contributed by atoms with Crippen LogP contribution in [-0.4, -0.2) is 0 Å². The highest BCUT2D eigenvalue weighted by Gasteiger charge is 2.16. The second-order valence-electron chi connectivity index (χ2n) is 3.79. The van der Waals surface area contributed by atoms with Gasteiger partial charge in [0.2, 0.25) is 0 Å². The van der Waals surface area contributed by atoms with Crippen LogP contribution in [0.1, 0.15) is 16.5 Å². The average Bonchev–Trinajstić information content (AvgIpc) is 2.68. The lowest BCUT2D eigenvalue weighted by Crippen LogP contribution is -2.29. The van der Waals surface area contributed by atoms with Crippen molar-refractivity contribution in [3.63, 3.8) is 0 Å². The highest BCUT2D eigenvalue weighted by Crippen LogP contribution is 2.36. The van der Waals surface area contributed by atoms with Gasteiger partial charge in [-0.3, -0.25) is 11.3 Å². The first-order chi connectivity index (χ1) is 8.61. The van der Waals surface area contributed by atoms with Gasteiger partial charge in [0.1, 0.15) is 0 Å². The number of hydrogen-bond acceptors (Lipinski definition) is 3. The third-order valence-corrected chi connectivity index (χ3v) is 6.73. The molecule has 0 aliphatic carbocycles. The predicted molar refractivity (Wildman–Crippen MR) is 87.6 cm³/mol. The summed E-state index contributed by atoms with van der Waals surface area (Å²) in [5.74, 6) is 5.67. The Morgan fingerprint density at radius 3 is 2.44 bits per heavy atom. The Balaban J connectivity index is 2.22. The molecular formula is C12H11Br3N2S. The molecule has 2 nitrogen and oxygen atoms in total. The van der Waals surface area contributed by atoms with Crippen molar-refractivity contribution in [2.75, 3.05) is 0 Å². The molecule has 1 heterocycles. The van der Waals surface area contributed by atoms with E-state index in [9.17, 15) is 0 Å². The zero-order chi connectivity index (χ0) is 13.1. The molecule has 96 valence electrons. The second-order valence-corrected chi connectivity index (χ2v) is 7.90. The molecule has 2 aromatic rings. The SMILES string of the molecule is NNC(Cc1ccccc1Br)c1cc(Br)c(Br)s1. The Morgan fingerprint density at radius 1 is 1.17 bits per heavy atom. The van der Waals surface area contributed by atoms with E-state index in [0.29, 0.717) is 0 Å².